The molecule has 0 aliphatic rings. The second-order valence-electron chi connectivity index (χ2n) is 6.00. The number of nitrogens with one attached hydrogen (secondary N) is 3. The fourth-order valence-electron chi connectivity index (χ4n) is 2.25. The van der Waals surface area contributed by atoms with Gasteiger partial charge in [0.15, 0.2) is 6.10 Å². The highest BCUT2D eigenvalue weighted by atomic mass is 16.5. The van der Waals surface area contributed by atoms with Gasteiger partial charge in [-0.3, -0.25) is 30.0 Å². The molecule has 0 heterocycles. The molecule has 146 valence electrons. The van der Waals surface area contributed by atoms with E-state index in [-0.39, 0.29) is 12.3 Å². The molecule has 0 aliphatic heterocycles. The first kappa shape index (κ1) is 20.6. The van der Waals surface area contributed by atoms with Gasteiger partial charge < -0.3 is 10.1 Å². The van der Waals surface area contributed by atoms with Gasteiger partial charge in [-0.15, -0.1) is 0 Å². The van der Waals surface area contributed by atoms with Crippen molar-refractivity contribution in [1.29, 1.82) is 0 Å². The summed E-state index contributed by atoms with van der Waals surface area (Å²) in [6.45, 7) is 2.81. The van der Waals surface area contributed by atoms with Crippen molar-refractivity contribution in [3.8, 4) is 0 Å². The third-order valence-electron chi connectivity index (χ3n) is 3.64. The second kappa shape index (κ2) is 9.86. The van der Waals surface area contributed by atoms with E-state index in [1.807, 2.05) is 0 Å². The summed E-state index contributed by atoms with van der Waals surface area (Å²) in [5.41, 5.74) is 6.15. The lowest BCUT2D eigenvalue weighted by atomic mass is 10.1. The van der Waals surface area contributed by atoms with Crippen molar-refractivity contribution in [3.63, 3.8) is 0 Å². The molecule has 8 heteroatoms. The first-order chi connectivity index (χ1) is 13.3. The van der Waals surface area contributed by atoms with E-state index in [1.54, 1.807) is 54.6 Å². The Balaban J connectivity index is 1.78. The molecule has 28 heavy (non-hydrogen) atoms. The maximum Gasteiger partial charge on any atom is 0.311 e. The molecule has 0 aromatic heterocycles. The lowest BCUT2D eigenvalue weighted by Crippen LogP contribution is -2.46. The highest BCUT2D eigenvalue weighted by Gasteiger charge is 2.18. The Morgan fingerprint density at radius 3 is 2.18 bits per heavy atom. The number of carbonyl (C=O) groups excluding carboxylic acids is 4. The van der Waals surface area contributed by atoms with E-state index in [9.17, 15) is 19.2 Å². The molecule has 3 N–H and O–H groups in total. The van der Waals surface area contributed by atoms with Gasteiger partial charge in [0.25, 0.3) is 11.8 Å². The summed E-state index contributed by atoms with van der Waals surface area (Å²) in [6.07, 6.45) is -1.11. The van der Waals surface area contributed by atoms with Gasteiger partial charge in [-0.2, -0.15) is 0 Å². The lowest BCUT2D eigenvalue weighted by Gasteiger charge is -2.14. The Morgan fingerprint density at radius 1 is 0.929 bits per heavy atom. The molecular weight excluding hydrogens is 362 g/mol. The van der Waals surface area contributed by atoms with Crippen LogP contribution in [0.4, 0.5) is 5.69 Å². The van der Waals surface area contributed by atoms with Crippen LogP contribution >= 0.6 is 0 Å². The number of carbonyl (C=O) groups is 4. The zero-order chi connectivity index (χ0) is 20.5. The van der Waals surface area contributed by atoms with Gasteiger partial charge in [-0.05, 0) is 36.8 Å². The summed E-state index contributed by atoms with van der Waals surface area (Å²) in [5, 5.41) is 2.62. The Morgan fingerprint density at radius 2 is 1.57 bits per heavy atom. The fraction of sp³-hybridized carbons (Fsp3) is 0.200. The summed E-state index contributed by atoms with van der Waals surface area (Å²) in [6, 6.07) is 15.1. The second-order valence-corrected chi connectivity index (χ2v) is 6.00. The zero-order valence-electron chi connectivity index (χ0n) is 15.5. The number of benzene rings is 2. The van der Waals surface area contributed by atoms with Gasteiger partial charge in [-0.25, -0.2) is 0 Å². The average Bonchev–Trinajstić information content (AvgIpc) is 2.67. The number of hydrogen-bond donors (Lipinski definition) is 3. The van der Waals surface area contributed by atoms with Crippen LogP contribution in [0.3, 0.4) is 0 Å². The molecule has 0 saturated carbocycles. The van der Waals surface area contributed by atoms with Crippen molar-refractivity contribution in [2.45, 2.75) is 26.4 Å². The Bertz CT molecular complexity index is 850. The topological polar surface area (TPSA) is 114 Å². The normalized spacial score (nSPS) is 11.1. The molecular formula is C20H21N3O5. The molecule has 2 aromatic rings. The first-order valence-corrected chi connectivity index (χ1v) is 8.56. The largest absolute Gasteiger partial charge is 0.452 e. The van der Waals surface area contributed by atoms with Crippen molar-refractivity contribution in [2.24, 2.45) is 0 Å². The van der Waals surface area contributed by atoms with Crippen LogP contribution in [0.1, 0.15) is 29.8 Å². The molecule has 0 saturated heterocycles. The summed E-state index contributed by atoms with van der Waals surface area (Å²) in [7, 11) is 0. The number of amides is 3. The van der Waals surface area contributed by atoms with Crippen LogP contribution in [0.15, 0.2) is 54.6 Å². The lowest BCUT2D eigenvalue weighted by molar-refractivity contribution is -0.154. The van der Waals surface area contributed by atoms with E-state index >= 15 is 0 Å². The number of rotatable bonds is 6. The van der Waals surface area contributed by atoms with Gasteiger partial charge in [0, 0.05) is 18.2 Å². The van der Waals surface area contributed by atoms with Crippen LogP contribution < -0.4 is 16.2 Å². The van der Waals surface area contributed by atoms with E-state index in [0.29, 0.717) is 16.8 Å². The molecule has 1 atom stereocenters. The molecule has 0 spiro atoms. The highest BCUT2D eigenvalue weighted by molar-refractivity contribution is 5.95. The number of hydrogen-bond acceptors (Lipinski definition) is 5. The Kier molecular flexibility index (Phi) is 7.27. The number of hydrazine groups is 1. The van der Waals surface area contributed by atoms with Crippen LogP contribution in [-0.4, -0.2) is 29.8 Å². The SMILES string of the molecule is CC(=O)Nc1ccc(CC(=O)O[C@@H](C)C(=O)NNC(=O)c2ccccc2)cc1. The van der Waals surface area contributed by atoms with Crippen molar-refractivity contribution in [1.82, 2.24) is 10.9 Å². The number of ether oxygens (including phenoxy) is 1. The van der Waals surface area contributed by atoms with Gasteiger partial charge in [0.1, 0.15) is 0 Å². The summed E-state index contributed by atoms with van der Waals surface area (Å²) in [4.78, 5) is 46.8. The first-order valence-electron chi connectivity index (χ1n) is 8.56. The molecule has 2 rings (SSSR count). The van der Waals surface area contributed by atoms with Crippen LogP contribution in [0.5, 0.6) is 0 Å². The summed E-state index contributed by atoms with van der Waals surface area (Å²) < 4.78 is 5.08. The van der Waals surface area contributed by atoms with Gasteiger partial charge in [0.05, 0.1) is 6.42 Å². The van der Waals surface area contributed by atoms with E-state index in [2.05, 4.69) is 16.2 Å². The van der Waals surface area contributed by atoms with Crippen molar-refractivity contribution in [2.75, 3.05) is 5.32 Å². The van der Waals surface area contributed by atoms with Crippen molar-refractivity contribution in [3.05, 3.63) is 65.7 Å². The van der Waals surface area contributed by atoms with Gasteiger partial charge in [-0.1, -0.05) is 30.3 Å². The molecule has 0 aliphatic carbocycles. The van der Waals surface area contributed by atoms with Gasteiger partial charge in [0.2, 0.25) is 5.91 Å². The van der Waals surface area contributed by atoms with Crippen molar-refractivity contribution >= 4 is 29.4 Å². The average molecular weight is 383 g/mol. The Hall–Kier alpha value is -3.68. The quantitative estimate of drug-likeness (QED) is 0.518. The molecule has 2 aromatic carbocycles. The molecule has 0 fully saturated rings. The van der Waals surface area contributed by atoms with Crippen LogP contribution in [0.25, 0.3) is 0 Å². The van der Waals surface area contributed by atoms with Crippen LogP contribution in [0.2, 0.25) is 0 Å². The maximum absolute atomic E-state index is 12.0. The minimum Gasteiger partial charge on any atom is -0.452 e. The molecule has 0 unspecified atom stereocenters. The predicted octanol–water partition coefficient (Wildman–Crippen LogP) is 1.58. The molecule has 0 radical (unpaired) electrons. The molecule has 0 bridgehead atoms. The Labute approximate surface area is 162 Å². The molecule has 3 amide bonds. The summed E-state index contributed by atoms with van der Waals surface area (Å²) >= 11 is 0. The highest BCUT2D eigenvalue weighted by Crippen LogP contribution is 2.11. The smallest absolute Gasteiger partial charge is 0.311 e. The number of esters is 1. The van der Waals surface area contributed by atoms with Gasteiger partial charge >= 0.3 is 5.97 Å². The van der Waals surface area contributed by atoms with E-state index < -0.39 is 23.9 Å². The monoisotopic (exact) mass is 383 g/mol. The minimum atomic E-state index is -1.08. The zero-order valence-corrected chi connectivity index (χ0v) is 15.5. The van der Waals surface area contributed by atoms with E-state index in [0.717, 1.165) is 0 Å². The van der Waals surface area contributed by atoms with E-state index in [1.165, 1.54) is 13.8 Å². The third kappa shape index (κ3) is 6.56. The minimum absolute atomic E-state index is 0.0334. The van der Waals surface area contributed by atoms with Crippen LogP contribution in [-0.2, 0) is 25.5 Å². The predicted molar refractivity (Wildman–Crippen MR) is 102 cm³/mol. The van der Waals surface area contributed by atoms with E-state index in [4.69, 9.17) is 4.74 Å². The third-order valence-corrected chi connectivity index (χ3v) is 3.64. The number of anilines is 1. The summed E-state index contributed by atoms with van der Waals surface area (Å²) in [5.74, 6) is -1.92. The van der Waals surface area contributed by atoms with Crippen LogP contribution in [0, 0.1) is 0 Å². The standard InChI is InChI=1S/C20H21N3O5/c1-13(19(26)22-23-20(27)16-6-4-3-5-7-16)28-18(25)12-15-8-10-17(11-9-15)21-14(2)24/h3-11,13H,12H2,1-2H3,(H,21,24)(H,22,26)(H,23,27)/t13-/m0/s1. The van der Waals surface area contributed by atoms with Crippen molar-refractivity contribution < 1.29 is 23.9 Å². The molecule has 8 nitrogen and oxygen atoms in total. The fourth-order valence-corrected chi connectivity index (χ4v) is 2.25. The maximum atomic E-state index is 12.0.